The van der Waals surface area contributed by atoms with Gasteiger partial charge in [0.05, 0.1) is 0 Å². The van der Waals surface area contributed by atoms with Crippen LogP contribution in [0.1, 0.15) is 19.3 Å². The summed E-state index contributed by atoms with van der Waals surface area (Å²) in [5.74, 6) is 1.21. The Morgan fingerprint density at radius 1 is 1.36 bits per heavy atom. The lowest BCUT2D eigenvalue weighted by Gasteiger charge is -2.22. The van der Waals surface area contributed by atoms with E-state index in [1.165, 1.54) is 6.42 Å². The van der Waals surface area contributed by atoms with E-state index in [9.17, 15) is 4.79 Å². The van der Waals surface area contributed by atoms with Gasteiger partial charge in [-0.25, -0.2) is 0 Å². The molecule has 2 heterocycles. The van der Waals surface area contributed by atoms with Crippen LogP contribution in [0.25, 0.3) is 0 Å². The number of piperidine rings is 1. The molecule has 2 aliphatic heterocycles. The average Bonchev–Trinajstić information content (AvgIpc) is 2.34. The first-order valence-corrected chi connectivity index (χ1v) is 3.71. The summed E-state index contributed by atoms with van der Waals surface area (Å²) in [4.78, 5) is 17.0. The molecule has 0 aromatic carbocycles. The fraction of sp³-hybridized carbons (Fsp3) is 0.714. The Hall–Kier alpha value is -0.570. The van der Waals surface area contributed by atoms with Crippen molar-refractivity contribution in [1.29, 1.82) is 0 Å². The van der Waals surface area contributed by atoms with E-state index in [0.717, 1.165) is 25.2 Å². The van der Waals surface area contributed by atoms with Gasteiger partial charge in [0, 0.05) is 13.0 Å². The molecular weight excluding hydrogens is 164 g/mol. The van der Waals surface area contributed by atoms with Crippen molar-refractivity contribution in [1.82, 2.24) is 4.90 Å². The number of amidine groups is 1. The van der Waals surface area contributed by atoms with Crippen molar-refractivity contribution < 1.29 is 4.79 Å². The minimum absolute atomic E-state index is 0. The predicted octanol–water partition coefficient (Wildman–Crippen LogP) is 0.833. The van der Waals surface area contributed by atoms with Crippen LogP contribution in [-0.4, -0.2) is 29.7 Å². The Morgan fingerprint density at radius 2 is 2.18 bits per heavy atom. The van der Waals surface area contributed by atoms with Crippen LogP contribution in [-0.2, 0) is 4.79 Å². The number of carbonyl (C=O) groups is 1. The van der Waals surface area contributed by atoms with Gasteiger partial charge in [-0.3, -0.25) is 14.7 Å². The first-order chi connectivity index (χ1) is 4.88. The van der Waals surface area contributed by atoms with E-state index in [1.54, 1.807) is 0 Å². The van der Waals surface area contributed by atoms with Gasteiger partial charge in [-0.15, -0.1) is 12.4 Å². The van der Waals surface area contributed by atoms with Crippen LogP contribution in [0.15, 0.2) is 4.99 Å². The molecule has 0 N–H and O–H groups in total. The van der Waals surface area contributed by atoms with Crippen LogP contribution in [0.4, 0.5) is 0 Å². The first-order valence-electron chi connectivity index (χ1n) is 3.71. The largest absolute Gasteiger partial charge is 0.299 e. The number of nitrogens with zero attached hydrogens (tertiary/aromatic N) is 2. The zero-order valence-corrected chi connectivity index (χ0v) is 7.06. The Morgan fingerprint density at radius 3 is 2.91 bits per heavy atom. The normalized spacial score (nSPS) is 22.4. The molecule has 0 saturated carbocycles. The van der Waals surface area contributed by atoms with Gasteiger partial charge < -0.3 is 0 Å². The maximum Gasteiger partial charge on any atom is 0.249 e. The third-order valence-electron chi connectivity index (χ3n) is 2.04. The number of aliphatic imine (C=N–C) groups is 1. The summed E-state index contributed by atoms with van der Waals surface area (Å²) < 4.78 is 0. The monoisotopic (exact) mass is 174 g/mol. The second-order valence-corrected chi connectivity index (χ2v) is 2.73. The van der Waals surface area contributed by atoms with Gasteiger partial charge >= 0.3 is 0 Å². The van der Waals surface area contributed by atoms with Crippen molar-refractivity contribution in [3.63, 3.8) is 0 Å². The standard InChI is InChI=1S/C7H10N2O.ClH/c10-7-5-8-6-3-1-2-4-9(6)7;/h1-5H2;1H. The highest BCUT2D eigenvalue weighted by atomic mass is 35.5. The minimum Gasteiger partial charge on any atom is -0.299 e. The fourth-order valence-corrected chi connectivity index (χ4v) is 1.49. The highest BCUT2D eigenvalue weighted by Gasteiger charge is 2.26. The van der Waals surface area contributed by atoms with Gasteiger partial charge in [-0.1, -0.05) is 0 Å². The topological polar surface area (TPSA) is 32.7 Å². The molecular formula is C7H11ClN2O. The second kappa shape index (κ2) is 3.22. The summed E-state index contributed by atoms with van der Waals surface area (Å²) in [7, 11) is 0. The molecule has 0 aromatic rings. The SMILES string of the molecule is Cl.O=C1CN=C2CCCCN12. The van der Waals surface area contributed by atoms with E-state index in [4.69, 9.17) is 0 Å². The summed E-state index contributed by atoms with van der Waals surface area (Å²) in [5, 5.41) is 0. The number of hydrogen-bond donors (Lipinski definition) is 0. The number of rotatable bonds is 0. The third-order valence-corrected chi connectivity index (χ3v) is 2.04. The number of hydrogen-bond acceptors (Lipinski definition) is 2. The Bertz CT molecular complexity index is 203. The fourth-order valence-electron chi connectivity index (χ4n) is 1.49. The van der Waals surface area contributed by atoms with Crippen LogP contribution < -0.4 is 0 Å². The molecule has 0 aliphatic carbocycles. The van der Waals surface area contributed by atoms with E-state index >= 15 is 0 Å². The van der Waals surface area contributed by atoms with Crippen molar-refractivity contribution in [2.24, 2.45) is 4.99 Å². The second-order valence-electron chi connectivity index (χ2n) is 2.73. The molecule has 2 rings (SSSR count). The van der Waals surface area contributed by atoms with Crippen molar-refractivity contribution in [2.45, 2.75) is 19.3 Å². The van der Waals surface area contributed by atoms with Gasteiger partial charge in [0.2, 0.25) is 5.91 Å². The summed E-state index contributed by atoms with van der Waals surface area (Å²) in [6.45, 7) is 1.30. The van der Waals surface area contributed by atoms with Crippen molar-refractivity contribution in [3.8, 4) is 0 Å². The average molecular weight is 175 g/mol. The van der Waals surface area contributed by atoms with Crippen molar-refractivity contribution in [2.75, 3.05) is 13.1 Å². The summed E-state index contributed by atoms with van der Waals surface area (Å²) in [5.41, 5.74) is 0. The molecule has 0 spiro atoms. The molecule has 1 saturated heterocycles. The van der Waals surface area contributed by atoms with Crippen LogP contribution in [0.5, 0.6) is 0 Å². The highest BCUT2D eigenvalue weighted by molar-refractivity contribution is 6.04. The number of carbonyl (C=O) groups excluding carboxylic acids is 1. The lowest BCUT2D eigenvalue weighted by atomic mass is 10.1. The minimum atomic E-state index is 0. The van der Waals surface area contributed by atoms with Gasteiger partial charge in [-0.2, -0.15) is 0 Å². The van der Waals surface area contributed by atoms with E-state index in [0.29, 0.717) is 6.54 Å². The van der Waals surface area contributed by atoms with Gasteiger partial charge in [-0.05, 0) is 12.8 Å². The molecule has 0 aromatic heterocycles. The Labute approximate surface area is 71.9 Å². The number of fused-ring (bicyclic) bond motifs is 1. The lowest BCUT2D eigenvalue weighted by Crippen LogP contribution is -2.36. The summed E-state index contributed by atoms with van der Waals surface area (Å²) >= 11 is 0. The van der Waals surface area contributed by atoms with Crippen LogP contribution in [0, 0.1) is 0 Å². The van der Waals surface area contributed by atoms with Crippen molar-refractivity contribution >= 4 is 24.1 Å². The summed E-state index contributed by atoms with van der Waals surface area (Å²) in [6.07, 6.45) is 3.35. The molecule has 4 heteroatoms. The molecule has 0 unspecified atom stereocenters. The van der Waals surface area contributed by atoms with E-state index in [1.807, 2.05) is 4.90 Å². The van der Waals surface area contributed by atoms with Gasteiger partial charge in [0.25, 0.3) is 0 Å². The lowest BCUT2D eigenvalue weighted by molar-refractivity contribution is -0.125. The van der Waals surface area contributed by atoms with E-state index in [-0.39, 0.29) is 18.3 Å². The van der Waals surface area contributed by atoms with E-state index in [2.05, 4.69) is 4.99 Å². The predicted molar refractivity (Wildman–Crippen MR) is 45.1 cm³/mol. The van der Waals surface area contributed by atoms with Crippen LogP contribution in [0.2, 0.25) is 0 Å². The molecule has 0 atom stereocenters. The third kappa shape index (κ3) is 1.38. The molecule has 62 valence electrons. The molecule has 0 bridgehead atoms. The highest BCUT2D eigenvalue weighted by Crippen LogP contribution is 2.15. The van der Waals surface area contributed by atoms with Crippen LogP contribution >= 0.6 is 12.4 Å². The summed E-state index contributed by atoms with van der Waals surface area (Å²) in [6, 6.07) is 0. The van der Waals surface area contributed by atoms with E-state index < -0.39 is 0 Å². The zero-order valence-electron chi connectivity index (χ0n) is 6.25. The Kier molecular flexibility index (Phi) is 2.49. The quantitative estimate of drug-likeness (QED) is 0.536. The Balaban J connectivity index is 0.000000605. The molecule has 1 fully saturated rings. The van der Waals surface area contributed by atoms with Gasteiger partial charge in [0.1, 0.15) is 12.4 Å². The molecule has 3 nitrogen and oxygen atoms in total. The first kappa shape index (κ1) is 8.53. The number of amides is 1. The van der Waals surface area contributed by atoms with Gasteiger partial charge in [0.15, 0.2) is 0 Å². The maximum atomic E-state index is 11.0. The molecule has 11 heavy (non-hydrogen) atoms. The van der Waals surface area contributed by atoms with Crippen molar-refractivity contribution in [3.05, 3.63) is 0 Å². The molecule has 1 amide bonds. The molecule has 2 aliphatic rings. The smallest absolute Gasteiger partial charge is 0.249 e. The molecule has 0 radical (unpaired) electrons. The number of halogens is 1. The zero-order chi connectivity index (χ0) is 6.97. The maximum absolute atomic E-state index is 11.0. The van der Waals surface area contributed by atoms with Crippen LogP contribution in [0.3, 0.4) is 0 Å².